The Morgan fingerprint density at radius 1 is 1.41 bits per heavy atom. The first-order valence-corrected chi connectivity index (χ1v) is 5.65. The summed E-state index contributed by atoms with van der Waals surface area (Å²) < 4.78 is 0. The van der Waals surface area contributed by atoms with Crippen LogP contribution in [0.4, 0.5) is 11.8 Å². The second-order valence-electron chi connectivity index (χ2n) is 4.28. The number of fused-ring (bicyclic) bond motifs is 1. The summed E-state index contributed by atoms with van der Waals surface area (Å²) >= 11 is 0. The minimum absolute atomic E-state index is 0.00536. The van der Waals surface area contributed by atoms with Crippen LogP contribution in [0.25, 0.3) is 11.2 Å². The number of aromatic amines is 1. The molecular weight excluding hydrogens is 220 g/mol. The monoisotopic (exact) mass is 234 g/mol. The molecule has 2 heterocycles. The van der Waals surface area contributed by atoms with Crippen molar-refractivity contribution in [2.75, 3.05) is 11.1 Å². The quantitative estimate of drug-likeness (QED) is 0.593. The summed E-state index contributed by atoms with van der Waals surface area (Å²) in [6, 6.07) is 0.00536. The van der Waals surface area contributed by atoms with E-state index in [0.717, 1.165) is 19.3 Å². The van der Waals surface area contributed by atoms with E-state index < -0.39 is 0 Å². The van der Waals surface area contributed by atoms with Gasteiger partial charge >= 0.3 is 0 Å². The number of hydrogen-bond donors (Lipinski definition) is 4. The van der Waals surface area contributed by atoms with Crippen LogP contribution in [0, 0.1) is 0 Å². The van der Waals surface area contributed by atoms with Crippen molar-refractivity contribution in [3.63, 3.8) is 0 Å². The molecule has 3 rings (SSSR count). The van der Waals surface area contributed by atoms with Gasteiger partial charge in [0.15, 0.2) is 11.5 Å². The Morgan fingerprint density at radius 2 is 2.29 bits per heavy atom. The summed E-state index contributed by atoms with van der Waals surface area (Å²) in [5, 5.41) is 12.8. The number of rotatable bonds is 2. The second kappa shape index (κ2) is 3.85. The largest absolute Gasteiger partial charge is 0.391 e. The molecule has 17 heavy (non-hydrogen) atoms. The number of hydrogen-bond acceptors (Lipinski definition) is 6. The number of nitrogens with zero attached hydrogens (tertiary/aromatic N) is 3. The van der Waals surface area contributed by atoms with E-state index >= 15 is 0 Å². The number of H-pyrrole nitrogens is 1. The van der Waals surface area contributed by atoms with Crippen molar-refractivity contribution >= 4 is 22.9 Å². The smallest absolute Gasteiger partial charge is 0.227 e. The molecule has 7 nitrogen and oxygen atoms in total. The van der Waals surface area contributed by atoms with E-state index in [1.165, 1.54) is 6.33 Å². The number of nitrogens with one attached hydrogen (secondary N) is 2. The SMILES string of the molecule is Nc1nc(N[C@@H]2CCC[C@H]2O)nc2nc[nH]c12. The standard InChI is InChI=1S/C10H14N6O/c11-8-7-9(13-4-12-7)16-10(15-8)14-5-2-1-3-6(5)17/h4-6,17H,1-3H2,(H4,11,12,13,14,15,16)/t5-,6-/m1/s1. The third-order valence-corrected chi connectivity index (χ3v) is 3.11. The van der Waals surface area contributed by atoms with Crippen LogP contribution in [0.3, 0.4) is 0 Å². The van der Waals surface area contributed by atoms with Crippen LogP contribution in [0.5, 0.6) is 0 Å². The lowest BCUT2D eigenvalue weighted by molar-refractivity contribution is 0.171. The first kappa shape index (κ1) is 10.3. The molecule has 1 aliphatic carbocycles. The average molecular weight is 234 g/mol. The molecule has 1 saturated carbocycles. The van der Waals surface area contributed by atoms with Gasteiger partial charge in [-0.3, -0.25) is 0 Å². The van der Waals surface area contributed by atoms with Crippen molar-refractivity contribution in [2.45, 2.75) is 31.4 Å². The van der Waals surface area contributed by atoms with Gasteiger partial charge in [0.2, 0.25) is 5.95 Å². The third kappa shape index (κ3) is 1.78. The molecule has 0 spiro atoms. The maximum Gasteiger partial charge on any atom is 0.227 e. The number of imidazole rings is 1. The zero-order chi connectivity index (χ0) is 11.8. The fourth-order valence-electron chi connectivity index (χ4n) is 2.19. The Hall–Kier alpha value is -1.89. The van der Waals surface area contributed by atoms with Crippen LogP contribution in [-0.2, 0) is 0 Å². The Morgan fingerprint density at radius 3 is 3.06 bits per heavy atom. The molecule has 0 aromatic carbocycles. The summed E-state index contributed by atoms with van der Waals surface area (Å²) in [4.78, 5) is 15.3. The van der Waals surface area contributed by atoms with E-state index in [9.17, 15) is 5.11 Å². The van der Waals surface area contributed by atoms with Crippen LogP contribution >= 0.6 is 0 Å². The lowest BCUT2D eigenvalue weighted by atomic mass is 10.2. The molecule has 0 saturated heterocycles. The van der Waals surface area contributed by atoms with Gasteiger partial charge in [0.1, 0.15) is 5.52 Å². The van der Waals surface area contributed by atoms with E-state index in [1.807, 2.05) is 0 Å². The van der Waals surface area contributed by atoms with Crippen molar-refractivity contribution < 1.29 is 5.11 Å². The molecule has 1 aliphatic rings. The van der Waals surface area contributed by atoms with Gasteiger partial charge < -0.3 is 21.1 Å². The van der Waals surface area contributed by atoms with Gasteiger partial charge in [-0.05, 0) is 19.3 Å². The third-order valence-electron chi connectivity index (χ3n) is 3.11. The van der Waals surface area contributed by atoms with Gasteiger partial charge in [-0.1, -0.05) is 0 Å². The molecule has 0 bridgehead atoms. The highest BCUT2D eigenvalue weighted by atomic mass is 16.3. The van der Waals surface area contributed by atoms with Crippen molar-refractivity contribution in [3.8, 4) is 0 Å². The van der Waals surface area contributed by atoms with Crippen molar-refractivity contribution in [1.29, 1.82) is 0 Å². The molecule has 0 unspecified atom stereocenters. The second-order valence-corrected chi connectivity index (χ2v) is 4.28. The number of aliphatic hydroxyl groups excluding tert-OH is 1. The van der Waals surface area contributed by atoms with Gasteiger partial charge in [0.25, 0.3) is 0 Å². The van der Waals surface area contributed by atoms with Crippen molar-refractivity contribution in [2.24, 2.45) is 0 Å². The Labute approximate surface area is 97.5 Å². The summed E-state index contributed by atoms with van der Waals surface area (Å²) in [5.74, 6) is 0.788. The number of anilines is 2. The molecule has 90 valence electrons. The van der Waals surface area contributed by atoms with Gasteiger partial charge in [0.05, 0.1) is 18.5 Å². The highest BCUT2D eigenvalue weighted by Gasteiger charge is 2.25. The molecule has 1 fully saturated rings. The fourth-order valence-corrected chi connectivity index (χ4v) is 2.19. The summed E-state index contributed by atoms with van der Waals surface area (Å²) in [6.07, 6.45) is 3.94. The minimum Gasteiger partial charge on any atom is -0.391 e. The van der Waals surface area contributed by atoms with E-state index in [1.54, 1.807) is 0 Å². The van der Waals surface area contributed by atoms with Crippen LogP contribution < -0.4 is 11.1 Å². The summed E-state index contributed by atoms with van der Waals surface area (Å²) in [6.45, 7) is 0. The average Bonchev–Trinajstić information content (AvgIpc) is 2.89. The molecule has 2 aromatic heterocycles. The normalized spacial score (nSPS) is 24.3. The lowest BCUT2D eigenvalue weighted by Crippen LogP contribution is -2.29. The number of aliphatic hydroxyl groups is 1. The molecule has 0 radical (unpaired) electrons. The molecule has 5 N–H and O–H groups in total. The molecule has 0 aliphatic heterocycles. The first-order chi connectivity index (χ1) is 8.24. The van der Waals surface area contributed by atoms with Gasteiger partial charge in [0, 0.05) is 0 Å². The maximum atomic E-state index is 9.72. The van der Waals surface area contributed by atoms with Crippen LogP contribution in [0.1, 0.15) is 19.3 Å². The van der Waals surface area contributed by atoms with E-state index in [4.69, 9.17) is 5.73 Å². The predicted molar refractivity (Wildman–Crippen MR) is 63.4 cm³/mol. The molecular formula is C10H14N6O. The molecule has 0 amide bonds. The van der Waals surface area contributed by atoms with Gasteiger partial charge in [-0.2, -0.15) is 9.97 Å². The van der Waals surface area contributed by atoms with Gasteiger partial charge in [-0.25, -0.2) is 4.98 Å². The number of nitrogens with two attached hydrogens (primary N) is 1. The highest BCUT2D eigenvalue weighted by Crippen LogP contribution is 2.23. The van der Waals surface area contributed by atoms with Crippen LogP contribution in [0.15, 0.2) is 6.33 Å². The van der Waals surface area contributed by atoms with Crippen LogP contribution in [-0.4, -0.2) is 37.2 Å². The summed E-state index contributed by atoms with van der Waals surface area (Å²) in [7, 11) is 0. The Bertz CT molecular complexity index is 539. The van der Waals surface area contributed by atoms with Crippen LogP contribution in [0.2, 0.25) is 0 Å². The van der Waals surface area contributed by atoms with E-state index in [2.05, 4.69) is 25.3 Å². The van der Waals surface area contributed by atoms with Crippen molar-refractivity contribution in [1.82, 2.24) is 19.9 Å². The highest BCUT2D eigenvalue weighted by molar-refractivity contribution is 5.82. The lowest BCUT2D eigenvalue weighted by Gasteiger charge is -2.16. The Balaban J connectivity index is 1.89. The first-order valence-electron chi connectivity index (χ1n) is 5.65. The molecule has 2 aromatic rings. The van der Waals surface area contributed by atoms with Crippen molar-refractivity contribution in [3.05, 3.63) is 6.33 Å². The van der Waals surface area contributed by atoms with E-state index in [-0.39, 0.29) is 12.1 Å². The minimum atomic E-state index is -0.338. The fraction of sp³-hybridized carbons (Fsp3) is 0.500. The zero-order valence-corrected chi connectivity index (χ0v) is 9.22. The predicted octanol–water partition coefficient (Wildman–Crippen LogP) is 0.260. The zero-order valence-electron chi connectivity index (χ0n) is 9.22. The molecule has 7 heteroatoms. The molecule has 2 atom stereocenters. The maximum absolute atomic E-state index is 9.72. The topological polar surface area (TPSA) is 113 Å². The van der Waals surface area contributed by atoms with E-state index in [0.29, 0.717) is 22.9 Å². The number of aromatic nitrogens is 4. The van der Waals surface area contributed by atoms with Gasteiger partial charge in [-0.15, -0.1) is 0 Å². The Kier molecular flexibility index (Phi) is 2.32. The summed E-state index contributed by atoms with van der Waals surface area (Å²) in [5.41, 5.74) is 6.96. The number of nitrogen functional groups attached to an aromatic ring is 1.